The molecule has 3 aromatic rings. The molecule has 0 aliphatic heterocycles. The molecule has 0 fully saturated rings. The van der Waals surface area contributed by atoms with Crippen LogP contribution < -0.4 is 5.32 Å². The van der Waals surface area contributed by atoms with E-state index in [2.05, 4.69) is 44.6 Å². The molecule has 0 amide bonds. The maximum Gasteiger partial charge on any atom is 0.227 e. The molecule has 1 N–H and O–H groups in total. The molecule has 0 bridgehead atoms. The monoisotopic (exact) mass is 397 g/mol. The number of imidazole rings is 1. The summed E-state index contributed by atoms with van der Waals surface area (Å²) in [5.74, 6) is 5.35. The van der Waals surface area contributed by atoms with Crippen LogP contribution in [0.25, 0.3) is 11.4 Å². The molecule has 2 aromatic heterocycles. The van der Waals surface area contributed by atoms with Gasteiger partial charge in [0.2, 0.25) is 5.95 Å². The van der Waals surface area contributed by atoms with Gasteiger partial charge in [-0.25, -0.2) is 15.0 Å². The van der Waals surface area contributed by atoms with Crippen LogP contribution in [0.3, 0.4) is 0 Å². The molecule has 0 saturated heterocycles. The lowest BCUT2D eigenvalue weighted by atomic mass is 10.2. The molecule has 0 aliphatic carbocycles. The summed E-state index contributed by atoms with van der Waals surface area (Å²) in [6, 6.07) is 9.61. The highest BCUT2D eigenvalue weighted by Gasteiger charge is 2.14. The molecule has 3 rings (SSSR count). The Kier molecular flexibility index (Phi) is 5.56. The van der Waals surface area contributed by atoms with E-state index in [0.717, 1.165) is 27.8 Å². The highest BCUT2D eigenvalue weighted by Crippen LogP contribution is 2.25. The second-order valence-corrected chi connectivity index (χ2v) is 10.2. The van der Waals surface area contributed by atoms with Crippen LogP contribution in [0.5, 0.6) is 0 Å². The second kappa shape index (κ2) is 7.75. The van der Waals surface area contributed by atoms with Crippen LogP contribution in [0, 0.1) is 6.92 Å². The van der Waals surface area contributed by atoms with Crippen molar-refractivity contribution in [1.82, 2.24) is 19.5 Å². The number of rotatable bonds is 6. The van der Waals surface area contributed by atoms with Crippen LogP contribution >= 0.6 is 0 Å². The summed E-state index contributed by atoms with van der Waals surface area (Å²) in [6.45, 7) is 10.1. The topological polar surface area (TPSA) is 72.7 Å². The first-order chi connectivity index (χ1) is 13.2. The maximum atomic E-state index is 12.7. The van der Waals surface area contributed by atoms with Gasteiger partial charge in [0.05, 0.1) is 17.6 Å². The van der Waals surface area contributed by atoms with E-state index in [0.29, 0.717) is 5.95 Å². The fourth-order valence-corrected chi connectivity index (χ4v) is 4.17. The van der Waals surface area contributed by atoms with E-state index >= 15 is 0 Å². The second-order valence-electron chi connectivity index (χ2n) is 7.34. The predicted molar refractivity (Wildman–Crippen MR) is 117 cm³/mol. The van der Waals surface area contributed by atoms with Crippen molar-refractivity contribution in [1.29, 1.82) is 0 Å². The van der Waals surface area contributed by atoms with Gasteiger partial charge < -0.3 is 9.88 Å². The van der Waals surface area contributed by atoms with Crippen molar-refractivity contribution >= 4 is 27.0 Å². The number of aryl methyl sites for hydroxylation is 1. The summed E-state index contributed by atoms with van der Waals surface area (Å²) >= 11 is 0. The summed E-state index contributed by atoms with van der Waals surface area (Å²) < 4.78 is 14.8. The van der Waals surface area contributed by atoms with Crippen LogP contribution in [-0.4, -0.2) is 34.8 Å². The van der Waals surface area contributed by atoms with E-state index < -0.39 is 9.52 Å². The zero-order chi connectivity index (χ0) is 20.5. The van der Waals surface area contributed by atoms with Crippen molar-refractivity contribution in [3.63, 3.8) is 0 Å². The number of nitrogens with zero attached hydrogens (tertiary/aromatic N) is 4. The highest BCUT2D eigenvalue weighted by atomic mass is 32.2. The molecule has 1 unspecified atom stereocenters. The Hall–Kier alpha value is -2.67. The molecular formula is C21H27N5OS. The Labute approximate surface area is 167 Å². The molecule has 0 radical (unpaired) electrons. The van der Waals surface area contributed by atoms with Gasteiger partial charge in [-0.15, -0.1) is 0 Å². The van der Waals surface area contributed by atoms with E-state index in [1.807, 2.05) is 57.3 Å². The molecule has 2 heterocycles. The fourth-order valence-electron chi connectivity index (χ4n) is 3.03. The molecule has 0 aliphatic rings. The van der Waals surface area contributed by atoms with Gasteiger partial charge in [-0.05, 0) is 66.5 Å². The lowest BCUT2D eigenvalue weighted by Gasteiger charge is -2.15. The zero-order valence-electron chi connectivity index (χ0n) is 17.0. The zero-order valence-corrected chi connectivity index (χ0v) is 17.8. The largest absolute Gasteiger partial charge is 0.324 e. The smallest absolute Gasteiger partial charge is 0.227 e. The quantitative estimate of drug-likeness (QED) is 0.622. The van der Waals surface area contributed by atoms with E-state index in [1.165, 1.54) is 0 Å². The van der Waals surface area contributed by atoms with Crippen LogP contribution in [-0.2, 0) is 9.52 Å². The Bertz CT molecular complexity index is 1070. The Morgan fingerprint density at radius 1 is 1.07 bits per heavy atom. The first-order valence-corrected chi connectivity index (χ1v) is 11.1. The average Bonchev–Trinajstić information content (AvgIpc) is 3.04. The molecule has 1 aromatic carbocycles. The molecule has 0 spiro atoms. The van der Waals surface area contributed by atoms with Crippen molar-refractivity contribution in [2.24, 2.45) is 0 Å². The lowest BCUT2D eigenvalue weighted by molar-refractivity contribution is 0.587. The molecule has 6 nitrogen and oxygen atoms in total. The van der Waals surface area contributed by atoms with Gasteiger partial charge in [-0.2, -0.15) is 0 Å². The van der Waals surface area contributed by atoms with Crippen molar-refractivity contribution in [2.75, 3.05) is 5.32 Å². The lowest BCUT2D eigenvalue weighted by Crippen LogP contribution is -2.13. The van der Waals surface area contributed by atoms with Crippen LogP contribution in [0.4, 0.5) is 11.6 Å². The minimum absolute atomic E-state index is 0.0133. The van der Waals surface area contributed by atoms with E-state index in [1.54, 1.807) is 6.20 Å². The summed E-state index contributed by atoms with van der Waals surface area (Å²) in [7, 11) is -2.29. The molecule has 1 atom stereocenters. The number of aromatic nitrogens is 4. The summed E-state index contributed by atoms with van der Waals surface area (Å²) in [4.78, 5) is 14.1. The van der Waals surface area contributed by atoms with E-state index in [4.69, 9.17) is 0 Å². The van der Waals surface area contributed by atoms with Crippen molar-refractivity contribution < 1.29 is 4.21 Å². The van der Waals surface area contributed by atoms with Crippen molar-refractivity contribution in [3.05, 3.63) is 48.5 Å². The molecule has 0 saturated carbocycles. The van der Waals surface area contributed by atoms with Crippen molar-refractivity contribution in [2.45, 2.75) is 50.8 Å². The van der Waals surface area contributed by atoms with Crippen LogP contribution in [0.1, 0.15) is 39.6 Å². The number of benzene rings is 1. The van der Waals surface area contributed by atoms with Gasteiger partial charge in [-0.1, -0.05) is 13.8 Å². The number of hydrogen-bond acceptors (Lipinski definition) is 5. The summed E-state index contributed by atoms with van der Waals surface area (Å²) in [6.07, 6.45) is 3.57. The Morgan fingerprint density at radius 3 is 2.36 bits per heavy atom. The maximum absolute atomic E-state index is 12.7. The third-order valence-corrected chi connectivity index (χ3v) is 7.28. The summed E-state index contributed by atoms with van der Waals surface area (Å²) in [5, 5.41) is 3.20. The SMILES string of the molecule is C=S(=O)(c1ccc(Nc2nccc(-c3cnc(C)n3C(C)C)n2)cc1)C(C)C. The third-order valence-electron chi connectivity index (χ3n) is 4.69. The minimum atomic E-state index is -2.29. The van der Waals surface area contributed by atoms with Gasteiger partial charge in [0.1, 0.15) is 5.82 Å². The van der Waals surface area contributed by atoms with E-state index in [9.17, 15) is 4.21 Å². The summed E-state index contributed by atoms with van der Waals surface area (Å²) in [5.41, 5.74) is 2.60. The molecular weight excluding hydrogens is 370 g/mol. The van der Waals surface area contributed by atoms with Gasteiger partial charge in [0.15, 0.2) is 0 Å². The molecule has 148 valence electrons. The minimum Gasteiger partial charge on any atom is -0.324 e. The molecule has 28 heavy (non-hydrogen) atoms. The van der Waals surface area contributed by atoms with Crippen molar-refractivity contribution in [3.8, 4) is 11.4 Å². The first kappa shape index (κ1) is 20.1. The predicted octanol–water partition coefficient (Wildman–Crippen LogP) is 4.46. The van der Waals surface area contributed by atoms with Crippen LogP contribution in [0.2, 0.25) is 0 Å². The number of hydrogen-bond donors (Lipinski definition) is 1. The Morgan fingerprint density at radius 2 is 1.75 bits per heavy atom. The van der Waals surface area contributed by atoms with Gasteiger partial charge in [0, 0.05) is 28.1 Å². The van der Waals surface area contributed by atoms with Gasteiger partial charge >= 0.3 is 0 Å². The Balaban J connectivity index is 1.86. The normalized spacial score (nSPS) is 13.7. The van der Waals surface area contributed by atoms with Gasteiger partial charge in [-0.3, -0.25) is 4.21 Å². The average molecular weight is 398 g/mol. The van der Waals surface area contributed by atoms with E-state index in [-0.39, 0.29) is 11.3 Å². The third kappa shape index (κ3) is 3.94. The highest BCUT2D eigenvalue weighted by molar-refractivity contribution is 8.00. The molecule has 7 heteroatoms. The number of anilines is 2. The first-order valence-electron chi connectivity index (χ1n) is 9.30. The van der Waals surface area contributed by atoms with Crippen LogP contribution in [0.15, 0.2) is 47.6 Å². The standard InChI is InChI=1S/C21H27N5OS/c1-14(2)26-16(5)23-13-20(26)19-11-12-22-21(25-19)24-17-7-9-18(10-8-17)28(6,27)15(3)4/h7-15H,6H2,1-5H3,(H,22,24,25). The fraction of sp³-hybridized carbons (Fsp3) is 0.333. The number of nitrogens with one attached hydrogen (secondary N) is 1. The van der Waals surface area contributed by atoms with Gasteiger partial charge in [0.25, 0.3) is 0 Å².